The van der Waals surface area contributed by atoms with E-state index >= 15 is 0 Å². The standard InChI is InChI=1S/C10H17N3O3.ClH/c1-4(2)7(11)8(14)6-5(3)9(15)13(12)10(6)16;/h4-7H,11-12H2,1-3H3;1H/t5-,6+,7-;/m0./s1. The Bertz CT molecular complexity index is 346. The molecule has 0 aliphatic carbocycles. The van der Waals surface area contributed by atoms with Gasteiger partial charge in [-0.3, -0.25) is 14.4 Å². The molecule has 1 saturated heterocycles. The summed E-state index contributed by atoms with van der Waals surface area (Å²) in [5.41, 5.74) is 5.68. The molecule has 0 aromatic carbocycles. The van der Waals surface area contributed by atoms with Crippen LogP contribution in [0.1, 0.15) is 20.8 Å². The van der Waals surface area contributed by atoms with Crippen molar-refractivity contribution in [2.45, 2.75) is 26.8 Å². The molecular weight excluding hydrogens is 246 g/mol. The van der Waals surface area contributed by atoms with E-state index in [0.717, 1.165) is 0 Å². The van der Waals surface area contributed by atoms with Crippen LogP contribution in [0.3, 0.4) is 0 Å². The summed E-state index contributed by atoms with van der Waals surface area (Å²) in [6.07, 6.45) is 0. The number of rotatable bonds is 3. The fourth-order valence-electron chi connectivity index (χ4n) is 1.74. The lowest BCUT2D eigenvalue weighted by molar-refractivity contribution is -0.141. The van der Waals surface area contributed by atoms with Gasteiger partial charge < -0.3 is 5.73 Å². The number of hydrazine groups is 1. The maximum Gasteiger partial charge on any atom is 0.255 e. The molecule has 6 nitrogen and oxygen atoms in total. The first kappa shape index (κ1) is 16.0. The van der Waals surface area contributed by atoms with Crippen molar-refractivity contribution in [1.82, 2.24) is 5.01 Å². The highest BCUT2D eigenvalue weighted by molar-refractivity contribution is 6.15. The Morgan fingerprint density at radius 3 is 2.06 bits per heavy atom. The SMILES string of the molecule is CC(C)[C@H](N)C(=O)[C@@H]1C(=O)N(N)C(=O)[C@H]1C.Cl. The maximum atomic E-state index is 11.9. The van der Waals surface area contributed by atoms with Crippen molar-refractivity contribution >= 4 is 30.0 Å². The minimum absolute atomic E-state index is 0. The highest BCUT2D eigenvalue weighted by atomic mass is 35.5. The van der Waals surface area contributed by atoms with E-state index in [2.05, 4.69) is 0 Å². The normalized spacial score (nSPS) is 26.1. The summed E-state index contributed by atoms with van der Waals surface area (Å²) in [5.74, 6) is 1.86. The zero-order chi connectivity index (χ0) is 12.6. The van der Waals surface area contributed by atoms with Crippen LogP contribution in [-0.2, 0) is 14.4 Å². The van der Waals surface area contributed by atoms with E-state index in [1.807, 2.05) is 0 Å². The van der Waals surface area contributed by atoms with Gasteiger partial charge in [-0.1, -0.05) is 20.8 Å². The van der Waals surface area contributed by atoms with E-state index < -0.39 is 35.5 Å². The lowest BCUT2D eigenvalue weighted by Crippen LogP contribution is -2.44. The monoisotopic (exact) mass is 263 g/mol. The number of carbonyl (C=O) groups excluding carboxylic acids is 3. The molecule has 2 amide bonds. The molecule has 0 unspecified atom stereocenters. The topological polar surface area (TPSA) is 106 Å². The summed E-state index contributed by atoms with van der Waals surface area (Å²) >= 11 is 0. The number of carbonyl (C=O) groups is 3. The third-order valence-electron chi connectivity index (χ3n) is 2.98. The summed E-state index contributed by atoms with van der Waals surface area (Å²) in [4.78, 5) is 34.9. The fourth-order valence-corrected chi connectivity index (χ4v) is 1.74. The van der Waals surface area contributed by atoms with Crippen molar-refractivity contribution in [3.8, 4) is 0 Å². The second-order valence-corrected chi connectivity index (χ2v) is 4.48. The second-order valence-electron chi connectivity index (χ2n) is 4.48. The van der Waals surface area contributed by atoms with E-state index in [1.54, 1.807) is 13.8 Å². The summed E-state index contributed by atoms with van der Waals surface area (Å²) in [6.45, 7) is 5.09. The minimum atomic E-state index is -1.02. The second kappa shape index (κ2) is 5.57. The number of imide groups is 1. The number of nitrogens with zero attached hydrogens (tertiary/aromatic N) is 1. The smallest absolute Gasteiger partial charge is 0.255 e. The molecule has 0 spiro atoms. The quantitative estimate of drug-likeness (QED) is 0.308. The van der Waals surface area contributed by atoms with Gasteiger partial charge in [0.15, 0.2) is 5.78 Å². The van der Waals surface area contributed by atoms with Gasteiger partial charge in [-0.15, -0.1) is 12.4 Å². The Labute approximate surface area is 106 Å². The van der Waals surface area contributed by atoms with Gasteiger partial charge in [0.05, 0.1) is 12.0 Å². The molecule has 0 aromatic heterocycles. The Hall–Kier alpha value is -0.980. The van der Waals surface area contributed by atoms with Crippen molar-refractivity contribution in [3.05, 3.63) is 0 Å². The van der Waals surface area contributed by atoms with E-state index in [1.165, 1.54) is 6.92 Å². The third-order valence-corrected chi connectivity index (χ3v) is 2.98. The molecule has 0 aromatic rings. The van der Waals surface area contributed by atoms with E-state index in [-0.39, 0.29) is 18.3 Å². The van der Waals surface area contributed by atoms with Gasteiger partial charge in [0.1, 0.15) is 5.92 Å². The average molecular weight is 264 g/mol. The number of Topliss-reactive ketones (excluding diaryl/α,β-unsaturated/α-hetero) is 1. The zero-order valence-electron chi connectivity index (χ0n) is 10.0. The Morgan fingerprint density at radius 2 is 1.76 bits per heavy atom. The number of nitrogens with two attached hydrogens (primary N) is 2. The van der Waals surface area contributed by atoms with Gasteiger partial charge in [-0.05, 0) is 5.92 Å². The largest absolute Gasteiger partial charge is 0.321 e. The Morgan fingerprint density at radius 1 is 1.29 bits per heavy atom. The predicted molar refractivity (Wildman–Crippen MR) is 63.8 cm³/mol. The van der Waals surface area contributed by atoms with Crippen LogP contribution in [0.15, 0.2) is 0 Å². The summed E-state index contributed by atoms with van der Waals surface area (Å²) < 4.78 is 0. The molecule has 0 radical (unpaired) electrons. The molecule has 4 N–H and O–H groups in total. The molecule has 1 heterocycles. The molecule has 17 heavy (non-hydrogen) atoms. The van der Waals surface area contributed by atoms with Crippen LogP contribution >= 0.6 is 12.4 Å². The Balaban J connectivity index is 0.00000256. The van der Waals surface area contributed by atoms with Crippen molar-refractivity contribution in [1.29, 1.82) is 0 Å². The lowest BCUT2D eigenvalue weighted by Gasteiger charge is -2.18. The van der Waals surface area contributed by atoms with Gasteiger partial charge in [-0.2, -0.15) is 0 Å². The van der Waals surface area contributed by atoms with E-state index in [4.69, 9.17) is 11.6 Å². The van der Waals surface area contributed by atoms with Crippen LogP contribution in [-0.4, -0.2) is 28.6 Å². The van der Waals surface area contributed by atoms with Gasteiger partial charge in [0.25, 0.3) is 5.91 Å². The van der Waals surface area contributed by atoms with Gasteiger partial charge >= 0.3 is 0 Å². The van der Waals surface area contributed by atoms with Crippen LogP contribution in [0.25, 0.3) is 0 Å². The third kappa shape index (κ3) is 2.65. The molecule has 1 aliphatic rings. The first-order valence-electron chi connectivity index (χ1n) is 5.20. The van der Waals surface area contributed by atoms with Crippen molar-refractivity contribution in [2.75, 3.05) is 0 Å². The molecule has 0 bridgehead atoms. The number of hydrogen-bond acceptors (Lipinski definition) is 5. The fraction of sp³-hybridized carbons (Fsp3) is 0.700. The van der Waals surface area contributed by atoms with Crippen molar-refractivity contribution < 1.29 is 14.4 Å². The summed E-state index contributed by atoms with van der Waals surface area (Å²) in [5, 5.41) is 0.514. The molecule has 7 heteroatoms. The molecule has 0 saturated carbocycles. The van der Waals surface area contributed by atoms with Crippen LogP contribution in [0.2, 0.25) is 0 Å². The summed E-state index contributed by atoms with van der Waals surface area (Å²) in [6, 6.07) is -0.740. The molecule has 3 atom stereocenters. The predicted octanol–water partition coefficient (Wildman–Crippen LogP) is -0.545. The molecule has 1 rings (SSSR count). The van der Waals surface area contributed by atoms with Gasteiger partial charge in [0.2, 0.25) is 5.91 Å². The molecule has 98 valence electrons. The number of amides is 2. The highest BCUT2D eigenvalue weighted by Gasteiger charge is 2.49. The first-order chi connectivity index (χ1) is 7.29. The van der Waals surface area contributed by atoms with Crippen LogP contribution < -0.4 is 11.6 Å². The highest BCUT2D eigenvalue weighted by Crippen LogP contribution is 2.26. The van der Waals surface area contributed by atoms with Crippen LogP contribution in [0.4, 0.5) is 0 Å². The van der Waals surface area contributed by atoms with Crippen molar-refractivity contribution in [2.24, 2.45) is 29.3 Å². The molecule has 1 aliphatic heterocycles. The van der Waals surface area contributed by atoms with Crippen molar-refractivity contribution in [3.63, 3.8) is 0 Å². The first-order valence-corrected chi connectivity index (χ1v) is 5.20. The number of halogens is 1. The van der Waals surface area contributed by atoms with Gasteiger partial charge in [-0.25, -0.2) is 10.9 Å². The Kier molecular flexibility index (Phi) is 5.25. The van der Waals surface area contributed by atoms with Crippen LogP contribution in [0.5, 0.6) is 0 Å². The number of ketones is 1. The average Bonchev–Trinajstić information content (AvgIpc) is 2.41. The van der Waals surface area contributed by atoms with Crippen LogP contribution in [0, 0.1) is 17.8 Å². The molecule has 1 fully saturated rings. The lowest BCUT2D eigenvalue weighted by atomic mass is 9.85. The minimum Gasteiger partial charge on any atom is -0.321 e. The maximum absolute atomic E-state index is 11.9. The summed E-state index contributed by atoms with van der Waals surface area (Å²) in [7, 11) is 0. The van der Waals surface area contributed by atoms with Gasteiger partial charge in [0, 0.05) is 0 Å². The van der Waals surface area contributed by atoms with E-state index in [9.17, 15) is 14.4 Å². The molecular formula is C10H18ClN3O3. The zero-order valence-corrected chi connectivity index (χ0v) is 10.9. The van der Waals surface area contributed by atoms with E-state index in [0.29, 0.717) is 5.01 Å². The number of hydrogen-bond donors (Lipinski definition) is 2.